The molecule has 0 bridgehead atoms. The molecule has 3 rings (SSSR count). The minimum atomic E-state index is -0.0311. The molecule has 1 amide bonds. The summed E-state index contributed by atoms with van der Waals surface area (Å²) < 4.78 is 1.71. The van der Waals surface area contributed by atoms with Gasteiger partial charge in [0, 0.05) is 30.6 Å². The zero-order valence-corrected chi connectivity index (χ0v) is 12.1. The summed E-state index contributed by atoms with van der Waals surface area (Å²) in [6.45, 7) is 5.08. The van der Waals surface area contributed by atoms with E-state index in [0.29, 0.717) is 12.2 Å². The Balaban J connectivity index is 1.71. The quantitative estimate of drug-likeness (QED) is 0.909. The Morgan fingerprint density at radius 3 is 3.25 bits per heavy atom. The Morgan fingerprint density at radius 2 is 2.50 bits per heavy atom. The van der Waals surface area contributed by atoms with Crippen molar-refractivity contribution in [3.8, 4) is 0 Å². The number of piperazine rings is 1. The van der Waals surface area contributed by atoms with Gasteiger partial charge in [-0.25, -0.2) is 4.68 Å². The Kier molecular flexibility index (Phi) is 3.79. The summed E-state index contributed by atoms with van der Waals surface area (Å²) in [5, 5.41) is 13.4. The maximum absolute atomic E-state index is 12.4. The highest BCUT2D eigenvalue weighted by Crippen LogP contribution is 2.11. The molecule has 0 aromatic carbocycles. The van der Waals surface area contributed by atoms with Crippen LogP contribution in [0.2, 0.25) is 0 Å². The molecular formula is C13H17N5OS. The molecule has 106 valence electrons. The van der Waals surface area contributed by atoms with Crippen LogP contribution in [0.3, 0.4) is 0 Å². The van der Waals surface area contributed by atoms with Crippen LogP contribution in [0.25, 0.3) is 0 Å². The summed E-state index contributed by atoms with van der Waals surface area (Å²) >= 11 is 1.67. The smallest absolute Gasteiger partial charge is 0.276 e. The topological polar surface area (TPSA) is 63.1 Å². The molecule has 2 aromatic heterocycles. The Labute approximate surface area is 121 Å². The van der Waals surface area contributed by atoms with Crippen LogP contribution in [0, 0.1) is 0 Å². The molecular weight excluding hydrogens is 274 g/mol. The van der Waals surface area contributed by atoms with Gasteiger partial charge in [0.05, 0.1) is 12.7 Å². The Hall–Kier alpha value is -1.73. The molecule has 1 N–H and O–H groups in total. The number of rotatable bonds is 3. The van der Waals surface area contributed by atoms with Gasteiger partial charge in [0.2, 0.25) is 0 Å². The zero-order valence-electron chi connectivity index (χ0n) is 11.3. The normalized spacial score (nSPS) is 19.2. The van der Waals surface area contributed by atoms with E-state index in [9.17, 15) is 4.79 Å². The summed E-state index contributed by atoms with van der Waals surface area (Å²) in [4.78, 5) is 15.5. The van der Waals surface area contributed by atoms with Crippen molar-refractivity contribution >= 4 is 17.2 Å². The van der Waals surface area contributed by atoms with Crippen molar-refractivity contribution in [1.82, 2.24) is 25.2 Å². The lowest BCUT2D eigenvalue weighted by Gasteiger charge is -2.33. The highest BCUT2D eigenvalue weighted by atomic mass is 32.1. The van der Waals surface area contributed by atoms with Gasteiger partial charge in [-0.05, 0) is 18.4 Å². The molecule has 20 heavy (non-hydrogen) atoms. The molecule has 0 spiro atoms. The average molecular weight is 291 g/mol. The van der Waals surface area contributed by atoms with Gasteiger partial charge in [-0.15, -0.1) is 16.4 Å². The van der Waals surface area contributed by atoms with Crippen LogP contribution in [0.5, 0.6) is 0 Å². The monoisotopic (exact) mass is 291 g/mol. The third kappa shape index (κ3) is 2.73. The first-order valence-electron chi connectivity index (χ1n) is 6.68. The first-order valence-corrected chi connectivity index (χ1v) is 7.56. The summed E-state index contributed by atoms with van der Waals surface area (Å²) in [5.41, 5.74) is 0.426. The maximum Gasteiger partial charge on any atom is 0.276 e. The highest BCUT2D eigenvalue weighted by Gasteiger charge is 2.25. The molecule has 0 aliphatic carbocycles. The fourth-order valence-corrected chi connectivity index (χ4v) is 3.02. The molecule has 1 fully saturated rings. The summed E-state index contributed by atoms with van der Waals surface area (Å²) in [7, 11) is 0. The lowest BCUT2D eigenvalue weighted by atomic mass is 10.2. The van der Waals surface area contributed by atoms with Crippen LogP contribution in [0.1, 0.15) is 22.3 Å². The van der Waals surface area contributed by atoms with Crippen molar-refractivity contribution in [2.75, 3.05) is 19.6 Å². The van der Waals surface area contributed by atoms with Gasteiger partial charge in [-0.1, -0.05) is 11.3 Å². The zero-order chi connectivity index (χ0) is 13.9. The van der Waals surface area contributed by atoms with Crippen molar-refractivity contribution in [3.63, 3.8) is 0 Å². The maximum atomic E-state index is 12.4. The van der Waals surface area contributed by atoms with Gasteiger partial charge in [-0.2, -0.15) is 0 Å². The number of nitrogens with zero attached hydrogens (tertiary/aromatic N) is 4. The number of aromatic nitrogens is 3. The number of nitrogens with one attached hydrogen (secondary N) is 1. The first-order chi connectivity index (χ1) is 9.74. The third-order valence-corrected chi connectivity index (χ3v) is 4.28. The van der Waals surface area contributed by atoms with Crippen LogP contribution in [0.15, 0.2) is 23.7 Å². The molecule has 0 saturated carbocycles. The predicted molar refractivity (Wildman–Crippen MR) is 76.8 cm³/mol. The molecule has 0 radical (unpaired) electrons. The van der Waals surface area contributed by atoms with E-state index in [-0.39, 0.29) is 11.9 Å². The minimum Gasteiger partial charge on any atom is -0.332 e. The van der Waals surface area contributed by atoms with Gasteiger partial charge >= 0.3 is 0 Å². The highest BCUT2D eigenvalue weighted by molar-refractivity contribution is 7.09. The Morgan fingerprint density at radius 1 is 1.60 bits per heavy atom. The second-order valence-electron chi connectivity index (χ2n) is 4.93. The van der Waals surface area contributed by atoms with Crippen molar-refractivity contribution in [3.05, 3.63) is 34.3 Å². The van der Waals surface area contributed by atoms with Gasteiger partial charge in [0.1, 0.15) is 0 Å². The van der Waals surface area contributed by atoms with Gasteiger partial charge in [-0.3, -0.25) is 4.79 Å². The van der Waals surface area contributed by atoms with Crippen LogP contribution < -0.4 is 5.32 Å². The van der Waals surface area contributed by atoms with Crippen molar-refractivity contribution in [1.29, 1.82) is 0 Å². The largest absolute Gasteiger partial charge is 0.332 e. The summed E-state index contributed by atoms with van der Waals surface area (Å²) in [5.74, 6) is -0.0311. The van der Waals surface area contributed by atoms with E-state index >= 15 is 0 Å². The summed E-state index contributed by atoms with van der Waals surface area (Å²) in [6, 6.07) is 4.25. The van der Waals surface area contributed by atoms with E-state index in [2.05, 4.69) is 15.6 Å². The molecule has 1 saturated heterocycles. The lowest BCUT2D eigenvalue weighted by molar-refractivity contribution is 0.0649. The van der Waals surface area contributed by atoms with Crippen molar-refractivity contribution in [2.45, 2.75) is 19.5 Å². The molecule has 2 aromatic rings. The molecule has 0 unspecified atom stereocenters. The minimum absolute atomic E-state index is 0.0311. The van der Waals surface area contributed by atoms with Crippen LogP contribution >= 0.6 is 11.3 Å². The van der Waals surface area contributed by atoms with E-state index in [0.717, 1.165) is 19.6 Å². The fourth-order valence-electron chi connectivity index (χ4n) is 2.33. The number of thiophene rings is 1. The van der Waals surface area contributed by atoms with Gasteiger partial charge in [0.25, 0.3) is 5.91 Å². The first kappa shape index (κ1) is 13.3. The molecule has 3 heterocycles. The van der Waals surface area contributed by atoms with Gasteiger partial charge < -0.3 is 10.2 Å². The Bertz CT molecular complexity index is 579. The molecule has 1 aliphatic heterocycles. The molecule has 1 atom stereocenters. The second kappa shape index (κ2) is 5.72. The van der Waals surface area contributed by atoms with E-state index in [1.807, 2.05) is 29.3 Å². The van der Waals surface area contributed by atoms with E-state index in [1.165, 1.54) is 4.88 Å². The third-order valence-electron chi connectivity index (χ3n) is 3.42. The van der Waals surface area contributed by atoms with Crippen LogP contribution in [-0.4, -0.2) is 51.5 Å². The SMILES string of the molecule is C[C@H]1CNCCN1C(=O)c1cn(Cc2cccs2)nn1. The number of hydrogen-bond acceptors (Lipinski definition) is 5. The summed E-state index contributed by atoms with van der Waals surface area (Å²) in [6.07, 6.45) is 1.73. The van der Waals surface area contributed by atoms with E-state index < -0.39 is 0 Å². The number of amides is 1. The molecule has 6 nitrogen and oxygen atoms in total. The predicted octanol–water partition coefficient (Wildman–Crippen LogP) is 0.822. The van der Waals surface area contributed by atoms with Crippen molar-refractivity contribution < 1.29 is 4.79 Å². The lowest BCUT2D eigenvalue weighted by Crippen LogP contribution is -2.52. The number of carbonyl (C=O) groups excluding carboxylic acids is 1. The van der Waals surface area contributed by atoms with Gasteiger partial charge in [0.15, 0.2) is 5.69 Å². The fraction of sp³-hybridized carbons (Fsp3) is 0.462. The standard InChI is InChI=1S/C13H17N5OS/c1-10-7-14-4-5-18(10)13(19)12-9-17(16-15-12)8-11-3-2-6-20-11/h2-3,6,9-10,14H,4-5,7-8H2,1H3/t10-/m0/s1. The number of carbonyl (C=O) groups is 1. The van der Waals surface area contributed by atoms with E-state index in [4.69, 9.17) is 0 Å². The van der Waals surface area contributed by atoms with Crippen molar-refractivity contribution in [2.24, 2.45) is 0 Å². The van der Waals surface area contributed by atoms with E-state index in [1.54, 1.807) is 22.2 Å². The number of hydrogen-bond donors (Lipinski definition) is 1. The average Bonchev–Trinajstić information content (AvgIpc) is 3.11. The van der Waals surface area contributed by atoms with Crippen LogP contribution in [0.4, 0.5) is 0 Å². The second-order valence-corrected chi connectivity index (χ2v) is 5.96. The molecule has 1 aliphatic rings. The molecule has 7 heteroatoms. The van der Waals surface area contributed by atoms with Crippen LogP contribution in [-0.2, 0) is 6.54 Å².